The lowest BCUT2D eigenvalue weighted by molar-refractivity contribution is 0.0793. The first kappa shape index (κ1) is 12.4. The van der Waals surface area contributed by atoms with Crippen molar-refractivity contribution in [2.45, 2.75) is 45.8 Å². The van der Waals surface area contributed by atoms with Crippen LogP contribution in [0.1, 0.15) is 33.6 Å². The summed E-state index contributed by atoms with van der Waals surface area (Å²) in [5.74, 6) is 0. The maximum Gasteiger partial charge on any atom is 0.0638 e. The van der Waals surface area contributed by atoms with E-state index in [0.717, 1.165) is 19.6 Å². The molecule has 3 nitrogen and oxygen atoms in total. The Kier molecular flexibility index (Phi) is 7.66. The highest BCUT2D eigenvalue weighted by atomic mass is 16.5. The summed E-state index contributed by atoms with van der Waals surface area (Å²) in [5, 5.41) is 11.8. The molecule has 0 radical (unpaired) electrons. The van der Waals surface area contributed by atoms with Crippen LogP contribution in [0.15, 0.2) is 0 Å². The Labute approximate surface area is 81.1 Å². The number of hydrogen-bond donors (Lipinski definition) is 1. The van der Waals surface area contributed by atoms with Gasteiger partial charge in [0.1, 0.15) is 0 Å². The van der Waals surface area contributed by atoms with E-state index in [1.165, 1.54) is 0 Å². The summed E-state index contributed by atoms with van der Waals surface area (Å²) >= 11 is 0. The molecule has 1 atom stereocenters. The predicted molar refractivity (Wildman–Crippen MR) is 53.4 cm³/mol. The first-order valence-electron chi connectivity index (χ1n) is 4.92. The number of rotatable bonds is 7. The third-order valence-corrected chi connectivity index (χ3v) is 1.82. The molecule has 0 heterocycles. The van der Waals surface area contributed by atoms with Crippen LogP contribution in [0.5, 0.6) is 0 Å². The average Bonchev–Trinajstić information content (AvgIpc) is 2.10. The first-order chi connectivity index (χ1) is 6.20. The Balaban J connectivity index is 3.34. The molecular formula is C10H20N2O. The average molecular weight is 184 g/mol. The molecule has 0 aromatic heterocycles. The van der Waals surface area contributed by atoms with Crippen molar-refractivity contribution in [3.05, 3.63) is 0 Å². The summed E-state index contributed by atoms with van der Waals surface area (Å²) < 4.78 is 5.37. The van der Waals surface area contributed by atoms with Crippen molar-refractivity contribution >= 4 is 0 Å². The highest BCUT2D eigenvalue weighted by Gasteiger charge is 2.03. The molecule has 1 N–H and O–H groups in total. The lowest BCUT2D eigenvalue weighted by atomic mass is 10.2. The smallest absolute Gasteiger partial charge is 0.0638 e. The lowest BCUT2D eigenvalue weighted by Crippen LogP contribution is -2.31. The van der Waals surface area contributed by atoms with E-state index < -0.39 is 0 Å². The van der Waals surface area contributed by atoms with Crippen molar-refractivity contribution in [3.8, 4) is 6.07 Å². The van der Waals surface area contributed by atoms with Crippen LogP contribution in [-0.2, 0) is 4.74 Å². The monoisotopic (exact) mass is 184 g/mol. The van der Waals surface area contributed by atoms with E-state index in [1.807, 2.05) is 13.8 Å². The van der Waals surface area contributed by atoms with Crippen LogP contribution in [0.3, 0.4) is 0 Å². The molecule has 1 unspecified atom stereocenters. The van der Waals surface area contributed by atoms with E-state index in [4.69, 9.17) is 10.00 Å². The Morgan fingerprint density at radius 2 is 2.15 bits per heavy atom. The van der Waals surface area contributed by atoms with Gasteiger partial charge in [0.05, 0.1) is 25.2 Å². The number of nitriles is 1. The van der Waals surface area contributed by atoms with Crippen molar-refractivity contribution < 1.29 is 4.74 Å². The second-order valence-electron chi connectivity index (χ2n) is 3.34. The molecule has 0 saturated carbocycles. The van der Waals surface area contributed by atoms with E-state index in [1.54, 1.807) is 0 Å². The Morgan fingerprint density at radius 3 is 2.62 bits per heavy atom. The number of ether oxygens (including phenoxy) is 1. The summed E-state index contributed by atoms with van der Waals surface area (Å²) in [7, 11) is 0. The second kappa shape index (κ2) is 8.03. The zero-order chi connectivity index (χ0) is 10.1. The molecule has 0 amide bonds. The topological polar surface area (TPSA) is 45.0 Å². The van der Waals surface area contributed by atoms with E-state index in [-0.39, 0.29) is 6.10 Å². The second-order valence-corrected chi connectivity index (χ2v) is 3.34. The van der Waals surface area contributed by atoms with Crippen LogP contribution in [0, 0.1) is 11.3 Å². The summed E-state index contributed by atoms with van der Waals surface area (Å²) in [6.45, 7) is 7.68. The van der Waals surface area contributed by atoms with Crippen LogP contribution >= 0.6 is 0 Å². The van der Waals surface area contributed by atoms with Gasteiger partial charge in [-0.05, 0) is 20.3 Å². The van der Waals surface area contributed by atoms with Gasteiger partial charge in [-0.15, -0.1) is 0 Å². The molecule has 0 saturated heterocycles. The fourth-order valence-electron chi connectivity index (χ4n) is 1.03. The molecule has 0 rings (SSSR count). The minimum absolute atomic E-state index is 0.290. The highest BCUT2D eigenvalue weighted by Crippen LogP contribution is 1.95. The summed E-state index contributed by atoms with van der Waals surface area (Å²) in [4.78, 5) is 0. The fraction of sp³-hybridized carbons (Fsp3) is 0.900. The van der Waals surface area contributed by atoms with E-state index >= 15 is 0 Å². The van der Waals surface area contributed by atoms with Gasteiger partial charge >= 0.3 is 0 Å². The van der Waals surface area contributed by atoms with E-state index in [2.05, 4.69) is 18.3 Å². The minimum Gasteiger partial charge on any atom is -0.377 e. The first-order valence-corrected chi connectivity index (χ1v) is 4.92. The van der Waals surface area contributed by atoms with Crippen molar-refractivity contribution in [2.75, 3.05) is 13.2 Å². The van der Waals surface area contributed by atoms with Gasteiger partial charge in [-0.3, -0.25) is 0 Å². The third-order valence-electron chi connectivity index (χ3n) is 1.82. The van der Waals surface area contributed by atoms with Crippen molar-refractivity contribution in [2.24, 2.45) is 0 Å². The number of hydrogen-bond acceptors (Lipinski definition) is 3. The largest absolute Gasteiger partial charge is 0.377 e. The SMILES string of the molecule is CCC(CC#N)NCCOC(C)C. The molecule has 0 aliphatic rings. The molecule has 3 heteroatoms. The molecule has 0 bridgehead atoms. The Bertz CT molecular complexity index is 151. The van der Waals surface area contributed by atoms with E-state index in [9.17, 15) is 0 Å². The van der Waals surface area contributed by atoms with Crippen molar-refractivity contribution in [3.63, 3.8) is 0 Å². The zero-order valence-electron chi connectivity index (χ0n) is 8.84. The van der Waals surface area contributed by atoms with Gasteiger partial charge in [-0.1, -0.05) is 6.92 Å². The van der Waals surface area contributed by atoms with Crippen LogP contribution in [0.2, 0.25) is 0 Å². The van der Waals surface area contributed by atoms with Gasteiger partial charge in [0.2, 0.25) is 0 Å². The summed E-state index contributed by atoms with van der Waals surface area (Å²) in [6.07, 6.45) is 1.87. The molecule has 13 heavy (non-hydrogen) atoms. The number of nitrogens with zero attached hydrogens (tertiary/aromatic N) is 1. The van der Waals surface area contributed by atoms with Crippen LogP contribution in [0.4, 0.5) is 0 Å². The van der Waals surface area contributed by atoms with Gasteiger partial charge in [0.25, 0.3) is 0 Å². The lowest BCUT2D eigenvalue weighted by Gasteiger charge is -2.14. The molecule has 0 aliphatic heterocycles. The van der Waals surface area contributed by atoms with E-state index in [0.29, 0.717) is 12.5 Å². The summed E-state index contributed by atoms with van der Waals surface area (Å²) in [5.41, 5.74) is 0. The maximum absolute atomic E-state index is 8.49. The van der Waals surface area contributed by atoms with Gasteiger partial charge in [-0.2, -0.15) is 5.26 Å². The molecule has 0 aromatic rings. The minimum atomic E-state index is 0.290. The van der Waals surface area contributed by atoms with Crippen molar-refractivity contribution in [1.82, 2.24) is 5.32 Å². The zero-order valence-corrected chi connectivity index (χ0v) is 8.84. The molecule has 0 spiro atoms. The van der Waals surface area contributed by atoms with Crippen LogP contribution < -0.4 is 5.32 Å². The molecule has 76 valence electrons. The van der Waals surface area contributed by atoms with Crippen molar-refractivity contribution in [1.29, 1.82) is 5.26 Å². The normalized spacial score (nSPS) is 12.8. The van der Waals surface area contributed by atoms with Crippen LogP contribution in [-0.4, -0.2) is 25.3 Å². The Morgan fingerprint density at radius 1 is 1.46 bits per heavy atom. The summed E-state index contributed by atoms with van der Waals surface area (Å²) in [6, 6.07) is 2.49. The van der Waals surface area contributed by atoms with Gasteiger partial charge in [0.15, 0.2) is 0 Å². The standard InChI is InChI=1S/C10H20N2O/c1-4-10(5-6-11)12-7-8-13-9(2)3/h9-10,12H,4-5,7-8H2,1-3H3. The molecule has 0 fully saturated rings. The molecule has 0 aliphatic carbocycles. The fourth-order valence-corrected chi connectivity index (χ4v) is 1.03. The van der Waals surface area contributed by atoms with Gasteiger partial charge < -0.3 is 10.1 Å². The third kappa shape index (κ3) is 7.76. The maximum atomic E-state index is 8.49. The molecular weight excluding hydrogens is 164 g/mol. The predicted octanol–water partition coefficient (Wildman–Crippen LogP) is 1.69. The molecule has 0 aromatic carbocycles. The van der Waals surface area contributed by atoms with Crippen LogP contribution in [0.25, 0.3) is 0 Å². The van der Waals surface area contributed by atoms with Gasteiger partial charge in [0, 0.05) is 12.6 Å². The quantitative estimate of drug-likeness (QED) is 0.612. The van der Waals surface area contributed by atoms with Gasteiger partial charge in [-0.25, -0.2) is 0 Å². The highest BCUT2D eigenvalue weighted by molar-refractivity contribution is 4.79. The number of nitrogens with one attached hydrogen (secondary N) is 1. The Hall–Kier alpha value is -0.590.